The van der Waals surface area contributed by atoms with E-state index in [-0.39, 0.29) is 22.9 Å². The van der Waals surface area contributed by atoms with Crippen molar-refractivity contribution in [1.29, 1.82) is 0 Å². The third kappa shape index (κ3) is 4.33. The number of esters is 1. The Morgan fingerprint density at radius 1 is 1.13 bits per heavy atom. The number of methoxy groups -OCH3 is 1. The lowest BCUT2D eigenvalue weighted by Gasteiger charge is -2.10. The van der Waals surface area contributed by atoms with Crippen molar-refractivity contribution in [1.82, 2.24) is 0 Å². The van der Waals surface area contributed by atoms with Gasteiger partial charge in [0.15, 0.2) is 0 Å². The summed E-state index contributed by atoms with van der Waals surface area (Å²) in [5, 5.41) is 3.06. The average Bonchev–Trinajstić information content (AvgIpc) is 2.52. The SMILES string of the molecule is COC(=O)c1cc(NC(=O)Cc2cc(C)ccc2C)ccc1Cl. The molecule has 1 amide bonds. The molecule has 0 heterocycles. The van der Waals surface area contributed by atoms with Crippen molar-refractivity contribution >= 4 is 29.2 Å². The van der Waals surface area contributed by atoms with E-state index in [4.69, 9.17) is 11.6 Å². The number of amides is 1. The van der Waals surface area contributed by atoms with Crippen LogP contribution < -0.4 is 5.32 Å². The first-order valence-electron chi connectivity index (χ1n) is 7.14. The van der Waals surface area contributed by atoms with Gasteiger partial charge in [0.05, 0.1) is 24.1 Å². The number of anilines is 1. The lowest BCUT2D eigenvalue weighted by atomic mass is 10.0. The molecule has 0 atom stereocenters. The zero-order valence-corrected chi connectivity index (χ0v) is 14.0. The van der Waals surface area contributed by atoms with Crippen LogP contribution in [0.2, 0.25) is 5.02 Å². The van der Waals surface area contributed by atoms with Crippen LogP contribution in [0.3, 0.4) is 0 Å². The Labute approximate surface area is 140 Å². The summed E-state index contributed by atoms with van der Waals surface area (Å²) in [5.74, 6) is -0.697. The average molecular weight is 332 g/mol. The summed E-state index contributed by atoms with van der Waals surface area (Å²) < 4.78 is 4.67. The lowest BCUT2D eigenvalue weighted by molar-refractivity contribution is -0.115. The van der Waals surface area contributed by atoms with Crippen LogP contribution in [-0.2, 0) is 16.0 Å². The van der Waals surface area contributed by atoms with Gasteiger partial charge >= 0.3 is 5.97 Å². The summed E-state index contributed by atoms with van der Waals surface area (Å²) >= 11 is 5.96. The maximum absolute atomic E-state index is 12.2. The van der Waals surface area contributed by atoms with Crippen molar-refractivity contribution in [3.63, 3.8) is 0 Å². The first-order chi connectivity index (χ1) is 10.9. The molecule has 0 aromatic heterocycles. The van der Waals surface area contributed by atoms with Crippen LogP contribution >= 0.6 is 11.6 Å². The molecule has 0 unspecified atom stereocenters. The number of halogens is 1. The fourth-order valence-electron chi connectivity index (χ4n) is 2.24. The predicted octanol–water partition coefficient (Wildman–Crippen LogP) is 3.92. The number of benzene rings is 2. The summed E-state index contributed by atoms with van der Waals surface area (Å²) in [6.07, 6.45) is 0.268. The summed E-state index contributed by atoms with van der Waals surface area (Å²) in [5.41, 5.74) is 3.88. The van der Waals surface area contributed by atoms with Gasteiger partial charge in [-0.05, 0) is 43.2 Å². The number of hydrogen-bond donors (Lipinski definition) is 1. The smallest absolute Gasteiger partial charge is 0.339 e. The molecule has 0 aliphatic heterocycles. The van der Waals surface area contributed by atoms with E-state index in [2.05, 4.69) is 10.1 Å². The Morgan fingerprint density at radius 3 is 2.57 bits per heavy atom. The molecule has 2 rings (SSSR count). The van der Waals surface area contributed by atoms with E-state index in [1.165, 1.54) is 13.2 Å². The molecule has 0 bridgehead atoms. The van der Waals surface area contributed by atoms with Gasteiger partial charge in [-0.3, -0.25) is 4.79 Å². The van der Waals surface area contributed by atoms with Crippen molar-refractivity contribution in [3.05, 3.63) is 63.7 Å². The fourth-order valence-corrected chi connectivity index (χ4v) is 2.43. The molecule has 4 nitrogen and oxygen atoms in total. The molecule has 120 valence electrons. The number of aryl methyl sites for hydroxylation is 2. The van der Waals surface area contributed by atoms with Gasteiger partial charge < -0.3 is 10.1 Å². The third-order valence-electron chi connectivity index (χ3n) is 3.51. The maximum atomic E-state index is 12.2. The molecule has 1 N–H and O–H groups in total. The van der Waals surface area contributed by atoms with E-state index in [1.54, 1.807) is 12.1 Å². The Morgan fingerprint density at radius 2 is 1.87 bits per heavy atom. The Bertz CT molecular complexity index is 756. The highest BCUT2D eigenvalue weighted by atomic mass is 35.5. The van der Waals surface area contributed by atoms with Gasteiger partial charge in [-0.15, -0.1) is 0 Å². The molecular weight excluding hydrogens is 314 g/mol. The molecule has 0 aliphatic rings. The van der Waals surface area contributed by atoms with Crippen molar-refractivity contribution < 1.29 is 14.3 Å². The zero-order chi connectivity index (χ0) is 17.0. The van der Waals surface area contributed by atoms with Gasteiger partial charge in [0, 0.05) is 5.69 Å². The first kappa shape index (κ1) is 17.0. The summed E-state index contributed by atoms with van der Waals surface area (Å²) in [4.78, 5) is 23.8. The van der Waals surface area contributed by atoms with Crippen LogP contribution in [0.5, 0.6) is 0 Å². The third-order valence-corrected chi connectivity index (χ3v) is 3.84. The van der Waals surface area contributed by atoms with E-state index in [0.29, 0.717) is 5.69 Å². The maximum Gasteiger partial charge on any atom is 0.339 e. The molecule has 0 spiro atoms. The highest BCUT2D eigenvalue weighted by Crippen LogP contribution is 2.22. The molecule has 2 aromatic rings. The first-order valence-corrected chi connectivity index (χ1v) is 7.52. The monoisotopic (exact) mass is 331 g/mol. The van der Waals surface area contributed by atoms with E-state index in [9.17, 15) is 9.59 Å². The van der Waals surface area contributed by atoms with Crippen LogP contribution in [0.4, 0.5) is 5.69 Å². The number of hydrogen-bond acceptors (Lipinski definition) is 3. The molecule has 0 aliphatic carbocycles. The predicted molar refractivity (Wildman–Crippen MR) is 91.0 cm³/mol. The summed E-state index contributed by atoms with van der Waals surface area (Å²) in [7, 11) is 1.28. The van der Waals surface area contributed by atoms with Gasteiger partial charge in [-0.2, -0.15) is 0 Å². The quantitative estimate of drug-likeness (QED) is 0.864. The number of carbonyl (C=O) groups excluding carboxylic acids is 2. The van der Waals surface area contributed by atoms with E-state index in [0.717, 1.165) is 16.7 Å². The standard InChI is InChI=1S/C18H18ClNO3/c1-11-4-5-12(2)13(8-11)9-17(21)20-14-6-7-16(19)15(10-14)18(22)23-3/h4-8,10H,9H2,1-3H3,(H,20,21). The Balaban J connectivity index is 2.14. The second-order valence-corrected chi connectivity index (χ2v) is 5.75. The Hall–Kier alpha value is -2.33. The second-order valence-electron chi connectivity index (χ2n) is 5.34. The molecular formula is C18H18ClNO3. The van der Waals surface area contributed by atoms with Gasteiger partial charge in [0.1, 0.15) is 0 Å². The second kappa shape index (κ2) is 7.29. The van der Waals surface area contributed by atoms with Crippen molar-refractivity contribution in [2.75, 3.05) is 12.4 Å². The molecule has 0 fully saturated rings. The van der Waals surface area contributed by atoms with E-state index in [1.807, 2.05) is 32.0 Å². The van der Waals surface area contributed by atoms with Gasteiger partial charge in [0.25, 0.3) is 0 Å². The van der Waals surface area contributed by atoms with Crippen LogP contribution in [0.1, 0.15) is 27.0 Å². The zero-order valence-electron chi connectivity index (χ0n) is 13.3. The molecule has 2 aromatic carbocycles. The Kier molecular flexibility index (Phi) is 5.40. The number of ether oxygens (including phenoxy) is 1. The van der Waals surface area contributed by atoms with Gasteiger partial charge in [0.2, 0.25) is 5.91 Å². The summed E-state index contributed by atoms with van der Waals surface area (Å²) in [6.45, 7) is 3.96. The largest absolute Gasteiger partial charge is 0.465 e. The van der Waals surface area contributed by atoms with Crippen LogP contribution in [0.15, 0.2) is 36.4 Å². The fraction of sp³-hybridized carbons (Fsp3) is 0.222. The van der Waals surface area contributed by atoms with E-state index < -0.39 is 5.97 Å². The van der Waals surface area contributed by atoms with Crippen LogP contribution in [-0.4, -0.2) is 19.0 Å². The minimum Gasteiger partial charge on any atom is -0.465 e. The lowest BCUT2D eigenvalue weighted by Crippen LogP contribution is -2.15. The molecule has 0 radical (unpaired) electrons. The summed E-state index contributed by atoms with van der Waals surface area (Å²) in [6, 6.07) is 10.7. The molecule has 0 saturated heterocycles. The normalized spacial score (nSPS) is 10.3. The molecule has 5 heteroatoms. The molecule has 23 heavy (non-hydrogen) atoms. The van der Waals surface area contributed by atoms with Crippen molar-refractivity contribution in [3.8, 4) is 0 Å². The van der Waals surface area contributed by atoms with Crippen LogP contribution in [0, 0.1) is 13.8 Å². The number of nitrogens with one attached hydrogen (secondary N) is 1. The van der Waals surface area contributed by atoms with E-state index >= 15 is 0 Å². The minimum absolute atomic E-state index is 0.156. The highest BCUT2D eigenvalue weighted by molar-refractivity contribution is 6.33. The van der Waals surface area contributed by atoms with Crippen molar-refractivity contribution in [2.24, 2.45) is 0 Å². The number of rotatable bonds is 4. The van der Waals surface area contributed by atoms with Gasteiger partial charge in [-0.1, -0.05) is 35.4 Å². The number of carbonyl (C=O) groups is 2. The van der Waals surface area contributed by atoms with Crippen molar-refractivity contribution in [2.45, 2.75) is 20.3 Å². The highest BCUT2D eigenvalue weighted by Gasteiger charge is 2.13. The van der Waals surface area contributed by atoms with Crippen LogP contribution in [0.25, 0.3) is 0 Å². The minimum atomic E-state index is -0.541. The topological polar surface area (TPSA) is 55.4 Å². The van der Waals surface area contributed by atoms with Gasteiger partial charge in [-0.25, -0.2) is 4.79 Å². The molecule has 0 saturated carbocycles.